The van der Waals surface area contributed by atoms with E-state index in [2.05, 4.69) is 15.9 Å². The fourth-order valence-electron chi connectivity index (χ4n) is 3.10. The van der Waals surface area contributed by atoms with Gasteiger partial charge in [-0.25, -0.2) is 0 Å². The zero-order chi connectivity index (χ0) is 15.3. The summed E-state index contributed by atoms with van der Waals surface area (Å²) in [6.45, 7) is 0. The van der Waals surface area contributed by atoms with Gasteiger partial charge in [0.05, 0.1) is 11.0 Å². The second-order valence-corrected chi connectivity index (χ2v) is 7.94. The second kappa shape index (κ2) is 5.16. The topological polar surface area (TPSA) is 52.6 Å². The van der Waals surface area contributed by atoms with E-state index >= 15 is 0 Å². The van der Waals surface area contributed by atoms with E-state index in [1.54, 1.807) is 12.1 Å². The Bertz CT molecular complexity index is 816. The highest BCUT2D eigenvalue weighted by atomic mass is 79.9. The SMILES string of the molecule is O=S(=O)(O[C@@H]1C[C@H]2O[C@H]1c1ccccc12)c1ccc(Br)cc1. The third kappa shape index (κ3) is 2.31. The molecule has 22 heavy (non-hydrogen) atoms. The average Bonchev–Trinajstić information content (AvgIpc) is 3.06. The molecule has 2 aromatic carbocycles. The zero-order valence-electron chi connectivity index (χ0n) is 11.5. The van der Waals surface area contributed by atoms with Gasteiger partial charge < -0.3 is 4.74 Å². The summed E-state index contributed by atoms with van der Waals surface area (Å²) < 4.78 is 36.9. The summed E-state index contributed by atoms with van der Waals surface area (Å²) >= 11 is 3.29. The molecule has 6 heteroatoms. The van der Waals surface area contributed by atoms with Crippen LogP contribution in [0.25, 0.3) is 0 Å². The van der Waals surface area contributed by atoms with E-state index in [0.29, 0.717) is 6.42 Å². The minimum absolute atomic E-state index is 0.0636. The van der Waals surface area contributed by atoms with Crippen molar-refractivity contribution >= 4 is 26.0 Å². The average molecular weight is 381 g/mol. The Morgan fingerprint density at radius 3 is 2.45 bits per heavy atom. The molecule has 0 aliphatic carbocycles. The van der Waals surface area contributed by atoms with Crippen molar-refractivity contribution in [3.05, 3.63) is 64.1 Å². The molecule has 0 amide bonds. The fourth-order valence-corrected chi connectivity index (χ4v) is 4.45. The van der Waals surface area contributed by atoms with Crippen LogP contribution in [0.15, 0.2) is 57.9 Å². The van der Waals surface area contributed by atoms with Crippen LogP contribution in [0.4, 0.5) is 0 Å². The predicted octanol–water partition coefficient (Wildman–Crippen LogP) is 3.74. The van der Waals surface area contributed by atoms with Crippen molar-refractivity contribution in [3.63, 3.8) is 0 Å². The molecule has 0 unspecified atom stereocenters. The van der Waals surface area contributed by atoms with E-state index in [1.165, 1.54) is 12.1 Å². The van der Waals surface area contributed by atoms with Crippen molar-refractivity contribution in [2.75, 3.05) is 0 Å². The molecular formula is C16H13BrO4S. The summed E-state index contributed by atoms with van der Waals surface area (Å²) in [5.74, 6) is 0. The van der Waals surface area contributed by atoms with Gasteiger partial charge in [0.15, 0.2) is 0 Å². The number of ether oxygens (including phenoxy) is 1. The quantitative estimate of drug-likeness (QED) is 0.761. The van der Waals surface area contributed by atoms with E-state index in [0.717, 1.165) is 15.6 Å². The van der Waals surface area contributed by atoms with Crippen LogP contribution < -0.4 is 0 Å². The third-order valence-electron chi connectivity index (χ3n) is 4.10. The third-order valence-corrected chi connectivity index (χ3v) is 5.98. The molecule has 3 atom stereocenters. The standard InChI is InChI=1S/C16H13BrO4S/c17-10-5-7-11(8-6-10)22(18,19)21-15-9-14-12-3-1-2-4-13(12)16(15)20-14/h1-8,14-16H,9H2/t14-,15-,16+/m1/s1. The van der Waals surface area contributed by atoms with Crippen LogP contribution in [0.2, 0.25) is 0 Å². The lowest BCUT2D eigenvalue weighted by atomic mass is 9.90. The highest BCUT2D eigenvalue weighted by molar-refractivity contribution is 9.10. The van der Waals surface area contributed by atoms with E-state index in [-0.39, 0.29) is 17.1 Å². The van der Waals surface area contributed by atoms with Crippen LogP contribution in [0.3, 0.4) is 0 Å². The molecule has 2 aromatic rings. The fraction of sp³-hybridized carbons (Fsp3) is 0.250. The summed E-state index contributed by atoms with van der Waals surface area (Å²) in [6, 6.07) is 14.3. The van der Waals surface area contributed by atoms with Crippen LogP contribution in [0.1, 0.15) is 29.8 Å². The molecule has 2 heterocycles. The van der Waals surface area contributed by atoms with Crippen molar-refractivity contribution in [3.8, 4) is 0 Å². The first-order valence-corrected chi connectivity index (χ1v) is 9.18. The predicted molar refractivity (Wildman–Crippen MR) is 83.8 cm³/mol. The van der Waals surface area contributed by atoms with Gasteiger partial charge in [-0.2, -0.15) is 8.42 Å². The van der Waals surface area contributed by atoms with Crippen LogP contribution in [0, 0.1) is 0 Å². The smallest absolute Gasteiger partial charge is 0.297 e. The number of halogens is 1. The van der Waals surface area contributed by atoms with Crippen LogP contribution >= 0.6 is 15.9 Å². The molecule has 0 aromatic heterocycles. The molecule has 4 nitrogen and oxygen atoms in total. The number of benzene rings is 2. The Labute approximate surface area is 137 Å². The molecule has 114 valence electrons. The van der Waals surface area contributed by atoms with Gasteiger partial charge >= 0.3 is 0 Å². The molecule has 0 spiro atoms. The molecule has 0 N–H and O–H groups in total. The van der Waals surface area contributed by atoms with E-state index in [1.807, 2.05) is 24.3 Å². The molecule has 1 saturated heterocycles. The Balaban J connectivity index is 1.60. The van der Waals surface area contributed by atoms with Gasteiger partial charge in [0, 0.05) is 10.9 Å². The van der Waals surface area contributed by atoms with Crippen molar-refractivity contribution in [1.82, 2.24) is 0 Å². The lowest BCUT2D eigenvalue weighted by molar-refractivity contribution is 0.0397. The van der Waals surface area contributed by atoms with Crippen LogP contribution in [0.5, 0.6) is 0 Å². The maximum atomic E-state index is 12.4. The van der Waals surface area contributed by atoms with Crippen molar-refractivity contribution < 1.29 is 17.3 Å². The Morgan fingerprint density at radius 2 is 1.73 bits per heavy atom. The Morgan fingerprint density at radius 1 is 1.05 bits per heavy atom. The highest BCUT2D eigenvalue weighted by Crippen LogP contribution is 2.52. The maximum Gasteiger partial charge on any atom is 0.297 e. The first kappa shape index (κ1) is 14.4. The maximum absolute atomic E-state index is 12.4. The van der Waals surface area contributed by atoms with Gasteiger partial charge in [-0.1, -0.05) is 40.2 Å². The Hall–Kier alpha value is -1.21. The first-order valence-electron chi connectivity index (χ1n) is 6.98. The second-order valence-electron chi connectivity index (χ2n) is 5.45. The summed E-state index contributed by atoms with van der Waals surface area (Å²) in [4.78, 5) is 0.159. The van der Waals surface area contributed by atoms with E-state index in [4.69, 9.17) is 8.92 Å². The molecule has 2 aliphatic rings. The zero-order valence-corrected chi connectivity index (χ0v) is 13.9. The Kier molecular flexibility index (Phi) is 3.38. The van der Waals surface area contributed by atoms with Crippen molar-refractivity contribution in [2.24, 2.45) is 0 Å². The normalized spacial score (nSPS) is 26.1. The summed E-state index contributed by atoms with van der Waals surface area (Å²) in [5, 5.41) is 0. The highest BCUT2D eigenvalue weighted by Gasteiger charge is 2.47. The summed E-state index contributed by atoms with van der Waals surface area (Å²) in [7, 11) is -3.79. The van der Waals surface area contributed by atoms with Gasteiger partial charge in [0.2, 0.25) is 0 Å². The molecular weight excluding hydrogens is 368 g/mol. The molecule has 2 aliphatic heterocycles. The van der Waals surface area contributed by atoms with Gasteiger partial charge in [0.1, 0.15) is 12.2 Å². The number of hydrogen-bond acceptors (Lipinski definition) is 4. The van der Waals surface area contributed by atoms with E-state index < -0.39 is 16.2 Å². The molecule has 1 fully saturated rings. The van der Waals surface area contributed by atoms with Gasteiger partial charge in [-0.3, -0.25) is 4.18 Å². The largest absolute Gasteiger partial charge is 0.363 e. The minimum Gasteiger partial charge on any atom is -0.363 e. The lowest BCUT2D eigenvalue weighted by Gasteiger charge is -2.21. The first-order chi connectivity index (χ1) is 10.5. The molecule has 0 radical (unpaired) electrons. The minimum atomic E-state index is -3.79. The molecule has 4 rings (SSSR count). The van der Waals surface area contributed by atoms with Gasteiger partial charge in [-0.05, 0) is 35.4 Å². The van der Waals surface area contributed by atoms with E-state index in [9.17, 15) is 8.42 Å². The molecule has 0 saturated carbocycles. The number of fused-ring (bicyclic) bond motifs is 5. The van der Waals surface area contributed by atoms with Gasteiger partial charge in [-0.15, -0.1) is 0 Å². The van der Waals surface area contributed by atoms with Crippen molar-refractivity contribution in [1.29, 1.82) is 0 Å². The van der Waals surface area contributed by atoms with Gasteiger partial charge in [0.25, 0.3) is 10.1 Å². The monoisotopic (exact) mass is 380 g/mol. The van der Waals surface area contributed by atoms with Crippen LogP contribution in [-0.4, -0.2) is 14.5 Å². The molecule has 2 bridgehead atoms. The van der Waals surface area contributed by atoms with Crippen LogP contribution in [-0.2, 0) is 19.0 Å². The number of hydrogen-bond donors (Lipinski definition) is 0. The summed E-state index contributed by atoms with van der Waals surface area (Å²) in [6.07, 6.45) is -0.261. The number of rotatable bonds is 3. The lowest BCUT2D eigenvalue weighted by Crippen LogP contribution is -2.23. The van der Waals surface area contributed by atoms with Crippen molar-refractivity contribution in [2.45, 2.75) is 29.6 Å². The summed E-state index contributed by atoms with van der Waals surface area (Å²) in [5.41, 5.74) is 2.18.